The van der Waals surface area contributed by atoms with E-state index in [-0.39, 0.29) is 0 Å². The van der Waals surface area contributed by atoms with Crippen molar-refractivity contribution in [1.29, 1.82) is 0 Å². The van der Waals surface area contributed by atoms with Gasteiger partial charge in [-0.3, -0.25) is 4.40 Å². The lowest BCUT2D eigenvalue weighted by atomic mass is 10.1. The minimum absolute atomic E-state index is 0.559. The number of hydrogen-bond acceptors (Lipinski definition) is 4. The molecule has 0 radical (unpaired) electrons. The van der Waals surface area contributed by atoms with Gasteiger partial charge in [0.05, 0.1) is 25.4 Å². The van der Waals surface area contributed by atoms with Crippen LogP contribution in [0.1, 0.15) is 30.7 Å². The Bertz CT molecular complexity index is 855. The van der Waals surface area contributed by atoms with Crippen LogP contribution in [0.4, 0.5) is 0 Å². The molecule has 138 valence electrons. The number of aryl methyl sites for hydroxylation is 1. The third kappa shape index (κ3) is 4.54. The fourth-order valence-electron chi connectivity index (χ4n) is 2.62. The van der Waals surface area contributed by atoms with Gasteiger partial charge in [-0.25, -0.2) is 9.98 Å². The number of benzene rings is 1. The summed E-state index contributed by atoms with van der Waals surface area (Å²) in [4.78, 5) is 10.3. The van der Waals surface area contributed by atoms with E-state index in [2.05, 4.69) is 47.7 Å². The van der Waals surface area contributed by atoms with Crippen molar-refractivity contribution >= 4 is 22.3 Å². The molecule has 0 saturated carbocycles. The maximum Gasteiger partial charge on any atom is 0.193 e. The van der Waals surface area contributed by atoms with Crippen molar-refractivity contribution in [3.63, 3.8) is 0 Å². The number of aliphatic imine (C=N–C) groups is 1. The first kappa shape index (κ1) is 18.3. The number of guanidine groups is 1. The number of nitrogens with zero attached hydrogens (tertiary/aromatic N) is 3. The molecule has 3 rings (SSSR count). The van der Waals surface area contributed by atoms with E-state index in [9.17, 15) is 0 Å². The Kier molecular flexibility index (Phi) is 6.12. The quantitative estimate of drug-likeness (QED) is 0.494. The molecule has 26 heavy (non-hydrogen) atoms. The first-order valence-corrected chi connectivity index (χ1v) is 9.73. The lowest BCUT2D eigenvalue weighted by Crippen LogP contribution is -2.36. The van der Waals surface area contributed by atoms with Crippen molar-refractivity contribution in [3.05, 3.63) is 52.8 Å². The number of nitrogens with one attached hydrogen (secondary N) is 2. The van der Waals surface area contributed by atoms with Crippen LogP contribution in [-0.4, -0.2) is 28.5 Å². The summed E-state index contributed by atoms with van der Waals surface area (Å²) in [5.41, 5.74) is 3.26. The van der Waals surface area contributed by atoms with Gasteiger partial charge in [0.1, 0.15) is 5.75 Å². The molecule has 0 aliphatic carbocycles. The third-order valence-electron chi connectivity index (χ3n) is 3.85. The summed E-state index contributed by atoms with van der Waals surface area (Å²) >= 11 is 1.63. The van der Waals surface area contributed by atoms with Gasteiger partial charge in [-0.15, -0.1) is 11.3 Å². The summed E-state index contributed by atoms with van der Waals surface area (Å²) in [6, 6.07) is 6.23. The second-order valence-electron chi connectivity index (χ2n) is 5.92. The molecule has 0 atom stereocenters. The van der Waals surface area contributed by atoms with Gasteiger partial charge in [-0.2, -0.15) is 0 Å². The number of thiazole rings is 1. The van der Waals surface area contributed by atoms with Crippen molar-refractivity contribution in [2.24, 2.45) is 4.99 Å². The minimum Gasteiger partial charge on any atom is -0.494 e. The maximum absolute atomic E-state index is 5.74. The normalized spacial score (nSPS) is 11.7. The van der Waals surface area contributed by atoms with Gasteiger partial charge in [0.2, 0.25) is 0 Å². The molecule has 2 heterocycles. The number of fused-ring (bicyclic) bond motifs is 1. The fraction of sp³-hybridized carbons (Fsp3) is 0.368. The molecule has 0 aliphatic rings. The van der Waals surface area contributed by atoms with Crippen LogP contribution >= 0.6 is 11.3 Å². The van der Waals surface area contributed by atoms with E-state index in [0.29, 0.717) is 19.7 Å². The summed E-state index contributed by atoms with van der Waals surface area (Å²) in [7, 11) is 0. The van der Waals surface area contributed by atoms with Gasteiger partial charge in [-0.05, 0) is 32.4 Å². The van der Waals surface area contributed by atoms with Crippen LogP contribution < -0.4 is 15.4 Å². The predicted octanol–water partition coefficient (Wildman–Crippen LogP) is 3.36. The van der Waals surface area contributed by atoms with Crippen molar-refractivity contribution in [1.82, 2.24) is 20.0 Å². The lowest BCUT2D eigenvalue weighted by molar-refractivity contribution is 0.336. The topological polar surface area (TPSA) is 63.0 Å². The molecule has 0 spiro atoms. The number of ether oxygens (including phenoxy) is 1. The second-order valence-corrected chi connectivity index (χ2v) is 6.79. The van der Waals surface area contributed by atoms with E-state index in [0.717, 1.165) is 34.5 Å². The first-order chi connectivity index (χ1) is 12.7. The van der Waals surface area contributed by atoms with Gasteiger partial charge in [0.25, 0.3) is 0 Å². The number of rotatable bonds is 7. The van der Waals surface area contributed by atoms with Crippen LogP contribution in [-0.2, 0) is 13.1 Å². The number of imidazole rings is 1. The van der Waals surface area contributed by atoms with Crippen LogP contribution in [0.5, 0.6) is 5.75 Å². The minimum atomic E-state index is 0.559. The molecule has 7 heteroatoms. The summed E-state index contributed by atoms with van der Waals surface area (Å²) in [6.07, 6.45) is 4.05. The summed E-state index contributed by atoms with van der Waals surface area (Å²) in [6.45, 7) is 8.76. The zero-order valence-corrected chi connectivity index (χ0v) is 16.3. The highest BCUT2D eigenvalue weighted by atomic mass is 32.1. The fourth-order valence-corrected chi connectivity index (χ4v) is 3.34. The molecule has 3 aromatic rings. The summed E-state index contributed by atoms with van der Waals surface area (Å²) in [5.74, 6) is 1.67. The molecule has 0 bridgehead atoms. The lowest BCUT2D eigenvalue weighted by Gasteiger charge is -2.12. The van der Waals surface area contributed by atoms with Crippen molar-refractivity contribution in [2.45, 2.75) is 33.9 Å². The molecule has 2 aromatic heterocycles. The zero-order chi connectivity index (χ0) is 18.4. The monoisotopic (exact) mass is 371 g/mol. The molecular formula is C19H25N5OS. The maximum atomic E-state index is 5.74. The van der Waals surface area contributed by atoms with Crippen molar-refractivity contribution in [3.8, 4) is 5.75 Å². The Hall–Kier alpha value is -2.54. The standard InChI is InChI=1S/C19H25N5OS/c1-4-20-18(22-12-16-13-24-8-9-26-19(24)23-16)21-11-15-7-6-14(3)10-17(15)25-5-2/h6-10,13H,4-5,11-12H2,1-3H3,(H2,20,21,22). The van der Waals surface area contributed by atoms with Gasteiger partial charge >= 0.3 is 0 Å². The molecular weight excluding hydrogens is 346 g/mol. The third-order valence-corrected chi connectivity index (χ3v) is 4.63. The molecule has 0 aliphatic heterocycles. The predicted molar refractivity (Wildman–Crippen MR) is 107 cm³/mol. The van der Waals surface area contributed by atoms with Gasteiger partial charge in [0.15, 0.2) is 10.9 Å². The SMILES string of the molecule is CCNC(=NCc1ccc(C)cc1OCC)NCc1cn2ccsc2n1. The first-order valence-electron chi connectivity index (χ1n) is 8.85. The Morgan fingerprint density at radius 3 is 2.96 bits per heavy atom. The molecule has 0 amide bonds. The van der Waals surface area contributed by atoms with E-state index in [4.69, 9.17) is 9.73 Å². The highest BCUT2D eigenvalue weighted by Crippen LogP contribution is 2.21. The average Bonchev–Trinajstić information content (AvgIpc) is 3.20. The average molecular weight is 372 g/mol. The largest absolute Gasteiger partial charge is 0.494 e. The smallest absolute Gasteiger partial charge is 0.193 e. The van der Waals surface area contributed by atoms with Crippen LogP contribution in [0, 0.1) is 6.92 Å². The highest BCUT2D eigenvalue weighted by molar-refractivity contribution is 7.15. The van der Waals surface area contributed by atoms with Crippen LogP contribution in [0.2, 0.25) is 0 Å². The zero-order valence-electron chi connectivity index (χ0n) is 15.5. The van der Waals surface area contributed by atoms with Crippen molar-refractivity contribution in [2.75, 3.05) is 13.2 Å². The van der Waals surface area contributed by atoms with E-state index in [1.807, 2.05) is 29.1 Å². The Balaban J connectivity index is 1.67. The molecule has 1 aromatic carbocycles. The Morgan fingerprint density at radius 1 is 1.31 bits per heavy atom. The van der Waals surface area contributed by atoms with Crippen LogP contribution in [0.15, 0.2) is 41.0 Å². The number of aromatic nitrogens is 2. The Morgan fingerprint density at radius 2 is 2.19 bits per heavy atom. The summed E-state index contributed by atoms with van der Waals surface area (Å²) < 4.78 is 7.78. The molecule has 6 nitrogen and oxygen atoms in total. The van der Waals surface area contributed by atoms with Gasteiger partial charge < -0.3 is 15.4 Å². The van der Waals surface area contributed by atoms with E-state index in [1.165, 1.54) is 5.56 Å². The Labute approximate surface area is 157 Å². The molecule has 0 saturated heterocycles. The molecule has 0 unspecified atom stereocenters. The van der Waals surface area contributed by atoms with E-state index in [1.54, 1.807) is 11.3 Å². The van der Waals surface area contributed by atoms with Crippen LogP contribution in [0.25, 0.3) is 4.96 Å². The molecule has 0 fully saturated rings. The van der Waals surface area contributed by atoms with Gasteiger partial charge in [0, 0.05) is 29.9 Å². The molecule has 2 N–H and O–H groups in total. The van der Waals surface area contributed by atoms with Crippen LogP contribution in [0.3, 0.4) is 0 Å². The highest BCUT2D eigenvalue weighted by Gasteiger charge is 2.06. The second kappa shape index (κ2) is 8.71. The van der Waals surface area contributed by atoms with E-state index < -0.39 is 0 Å². The van der Waals surface area contributed by atoms with Crippen molar-refractivity contribution < 1.29 is 4.74 Å². The summed E-state index contributed by atoms with van der Waals surface area (Å²) in [5, 5.41) is 8.66. The van der Waals surface area contributed by atoms with E-state index >= 15 is 0 Å². The number of hydrogen-bond donors (Lipinski definition) is 2. The van der Waals surface area contributed by atoms with Gasteiger partial charge in [-0.1, -0.05) is 12.1 Å².